The molecule has 0 unspecified atom stereocenters. The van der Waals surface area contributed by atoms with Gasteiger partial charge in [-0.05, 0) is 36.0 Å². The lowest BCUT2D eigenvalue weighted by Crippen LogP contribution is -2.14. The van der Waals surface area contributed by atoms with E-state index in [0.717, 1.165) is 26.9 Å². The van der Waals surface area contributed by atoms with Crippen molar-refractivity contribution < 1.29 is 0 Å². The summed E-state index contributed by atoms with van der Waals surface area (Å²) < 4.78 is 0. The molecule has 0 heterocycles. The molecule has 1 rings (SSSR count). The van der Waals surface area contributed by atoms with Crippen molar-refractivity contribution in [1.29, 1.82) is 5.41 Å². The van der Waals surface area contributed by atoms with E-state index in [-0.39, 0.29) is 5.84 Å². The SMILES string of the molecule is CCSc1cccc(SCCC(C)C)c1C(=N)N. The van der Waals surface area contributed by atoms with Crippen LogP contribution in [0.3, 0.4) is 0 Å². The quantitative estimate of drug-likeness (QED) is 0.447. The molecule has 0 saturated carbocycles. The number of thioether (sulfide) groups is 2. The molecule has 1 aromatic carbocycles. The summed E-state index contributed by atoms with van der Waals surface area (Å²) in [6.07, 6.45) is 1.19. The topological polar surface area (TPSA) is 49.9 Å². The maximum Gasteiger partial charge on any atom is 0.125 e. The molecule has 2 nitrogen and oxygen atoms in total. The molecule has 3 N–H and O–H groups in total. The van der Waals surface area contributed by atoms with Gasteiger partial charge in [-0.25, -0.2) is 0 Å². The van der Waals surface area contributed by atoms with E-state index in [2.05, 4.69) is 39.0 Å². The fourth-order valence-electron chi connectivity index (χ4n) is 1.58. The van der Waals surface area contributed by atoms with E-state index in [0.29, 0.717) is 5.92 Å². The second kappa shape index (κ2) is 7.74. The van der Waals surface area contributed by atoms with Gasteiger partial charge in [0.1, 0.15) is 5.84 Å². The van der Waals surface area contributed by atoms with Gasteiger partial charge in [0, 0.05) is 15.4 Å². The van der Waals surface area contributed by atoms with E-state index >= 15 is 0 Å². The molecule has 0 aliphatic carbocycles. The van der Waals surface area contributed by atoms with E-state index < -0.39 is 0 Å². The van der Waals surface area contributed by atoms with E-state index in [9.17, 15) is 0 Å². The fraction of sp³-hybridized carbons (Fsp3) is 0.500. The molecule has 0 bridgehead atoms. The molecule has 1 aromatic rings. The van der Waals surface area contributed by atoms with Crippen molar-refractivity contribution in [2.75, 3.05) is 11.5 Å². The third-order valence-electron chi connectivity index (χ3n) is 2.51. The van der Waals surface area contributed by atoms with Crippen LogP contribution in [0.2, 0.25) is 0 Å². The average molecular weight is 282 g/mol. The van der Waals surface area contributed by atoms with Gasteiger partial charge in [-0.3, -0.25) is 5.41 Å². The first-order valence-corrected chi connectivity index (χ1v) is 8.26. The van der Waals surface area contributed by atoms with Gasteiger partial charge in [-0.2, -0.15) is 0 Å². The molecule has 0 aliphatic rings. The highest BCUT2D eigenvalue weighted by molar-refractivity contribution is 8.00. The highest BCUT2D eigenvalue weighted by Gasteiger charge is 2.11. The number of benzene rings is 1. The third kappa shape index (κ3) is 4.58. The van der Waals surface area contributed by atoms with Crippen molar-refractivity contribution in [3.05, 3.63) is 23.8 Å². The Morgan fingerprint density at radius 1 is 1.28 bits per heavy atom. The molecule has 0 fully saturated rings. The van der Waals surface area contributed by atoms with E-state index in [4.69, 9.17) is 11.1 Å². The van der Waals surface area contributed by atoms with Crippen LogP contribution in [0.4, 0.5) is 0 Å². The van der Waals surface area contributed by atoms with Crippen LogP contribution in [0, 0.1) is 11.3 Å². The minimum Gasteiger partial charge on any atom is -0.384 e. The van der Waals surface area contributed by atoms with Gasteiger partial charge in [-0.15, -0.1) is 23.5 Å². The molecular formula is C14H22N2S2. The predicted octanol–water partition coefficient (Wildman–Crippen LogP) is 4.22. The van der Waals surface area contributed by atoms with Crippen molar-refractivity contribution >= 4 is 29.4 Å². The highest BCUT2D eigenvalue weighted by atomic mass is 32.2. The smallest absolute Gasteiger partial charge is 0.125 e. The first-order chi connectivity index (χ1) is 8.56. The zero-order valence-corrected chi connectivity index (χ0v) is 13.0. The zero-order chi connectivity index (χ0) is 13.5. The molecule has 4 heteroatoms. The lowest BCUT2D eigenvalue weighted by atomic mass is 10.2. The van der Waals surface area contributed by atoms with Crippen molar-refractivity contribution in [1.82, 2.24) is 0 Å². The van der Waals surface area contributed by atoms with E-state index in [1.807, 2.05) is 11.8 Å². The van der Waals surface area contributed by atoms with Crippen LogP contribution in [0.1, 0.15) is 32.8 Å². The Balaban J connectivity index is 2.88. The fourth-order valence-corrected chi connectivity index (χ4v) is 3.84. The first kappa shape index (κ1) is 15.4. The summed E-state index contributed by atoms with van der Waals surface area (Å²) in [5.41, 5.74) is 6.65. The van der Waals surface area contributed by atoms with Gasteiger partial charge >= 0.3 is 0 Å². The van der Waals surface area contributed by atoms with Crippen molar-refractivity contribution in [3.63, 3.8) is 0 Å². The molecule has 0 spiro atoms. The zero-order valence-electron chi connectivity index (χ0n) is 11.3. The van der Waals surface area contributed by atoms with Gasteiger partial charge in [0.05, 0.1) is 0 Å². The maximum atomic E-state index is 7.77. The number of rotatable bonds is 7. The van der Waals surface area contributed by atoms with Crippen LogP contribution < -0.4 is 5.73 Å². The Labute approximate surface area is 119 Å². The predicted molar refractivity (Wildman–Crippen MR) is 84.0 cm³/mol. The summed E-state index contributed by atoms with van der Waals surface area (Å²) in [5.74, 6) is 2.98. The van der Waals surface area contributed by atoms with Crippen LogP contribution in [-0.4, -0.2) is 17.3 Å². The molecule has 100 valence electrons. The maximum absolute atomic E-state index is 7.77. The van der Waals surface area contributed by atoms with E-state index in [1.54, 1.807) is 11.8 Å². The number of nitrogens with two attached hydrogens (primary N) is 1. The number of nitrogen functional groups attached to an aromatic ring is 1. The Morgan fingerprint density at radius 2 is 1.89 bits per heavy atom. The molecule has 0 aliphatic heterocycles. The monoisotopic (exact) mass is 282 g/mol. The van der Waals surface area contributed by atoms with Gasteiger partial charge < -0.3 is 5.73 Å². The summed E-state index contributed by atoms with van der Waals surface area (Å²) in [6.45, 7) is 6.58. The van der Waals surface area contributed by atoms with Gasteiger partial charge in [0.25, 0.3) is 0 Å². The largest absolute Gasteiger partial charge is 0.384 e. The van der Waals surface area contributed by atoms with E-state index in [1.165, 1.54) is 6.42 Å². The number of hydrogen-bond donors (Lipinski definition) is 2. The minimum absolute atomic E-state index is 0.179. The average Bonchev–Trinajstić information content (AvgIpc) is 2.28. The molecule has 0 amide bonds. The second-order valence-electron chi connectivity index (χ2n) is 4.51. The second-order valence-corrected chi connectivity index (χ2v) is 6.95. The van der Waals surface area contributed by atoms with Crippen LogP contribution >= 0.6 is 23.5 Å². The van der Waals surface area contributed by atoms with Gasteiger partial charge in [0.15, 0.2) is 0 Å². The Morgan fingerprint density at radius 3 is 2.39 bits per heavy atom. The number of amidine groups is 1. The lowest BCUT2D eigenvalue weighted by Gasteiger charge is -2.13. The molecule has 0 atom stereocenters. The number of nitrogens with one attached hydrogen (secondary N) is 1. The normalized spacial score (nSPS) is 10.9. The molecule has 0 saturated heterocycles. The third-order valence-corrected chi connectivity index (χ3v) is 4.54. The van der Waals surface area contributed by atoms with Crippen molar-refractivity contribution in [2.24, 2.45) is 11.7 Å². The molecular weight excluding hydrogens is 260 g/mol. The Hall–Kier alpha value is -0.610. The summed E-state index contributed by atoms with van der Waals surface area (Å²) in [6, 6.07) is 6.18. The Bertz CT molecular complexity index is 403. The molecule has 0 aromatic heterocycles. The number of hydrogen-bond acceptors (Lipinski definition) is 3. The van der Waals surface area contributed by atoms with Crippen molar-refractivity contribution in [3.8, 4) is 0 Å². The lowest BCUT2D eigenvalue weighted by molar-refractivity contribution is 0.632. The van der Waals surface area contributed by atoms with Gasteiger partial charge in [-0.1, -0.05) is 26.8 Å². The van der Waals surface area contributed by atoms with Crippen LogP contribution in [-0.2, 0) is 0 Å². The summed E-state index contributed by atoms with van der Waals surface area (Å²) in [7, 11) is 0. The summed E-state index contributed by atoms with van der Waals surface area (Å²) in [5, 5.41) is 7.77. The van der Waals surface area contributed by atoms with Crippen molar-refractivity contribution in [2.45, 2.75) is 37.0 Å². The molecule has 0 radical (unpaired) electrons. The highest BCUT2D eigenvalue weighted by Crippen LogP contribution is 2.31. The summed E-state index contributed by atoms with van der Waals surface area (Å²) in [4.78, 5) is 2.26. The summed E-state index contributed by atoms with van der Waals surface area (Å²) >= 11 is 3.56. The van der Waals surface area contributed by atoms with Crippen LogP contribution in [0.5, 0.6) is 0 Å². The molecule has 18 heavy (non-hydrogen) atoms. The first-order valence-electron chi connectivity index (χ1n) is 6.29. The Kier molecular flexibility index (Phi) is 6.65. The standard InChI is InChI=1S/C14H22N2S2/c1-4-17-11-6-5-7-12(13(11)14(15)16)18-9-8-10(2)3/h5-7,10H,4,8-9H2,1-3H3,(H3,15,16). The van der Waals surface area contributed by atoms with Crippen LogP contribution in [0.15, 0.2) is 28.0 Å². The van der Waals surface area contributed by atoms with Gasteiger partial charge in [0.2, 0.25) is 0 Å². The van der Waals surface area contributed by atoms with Crippen LogP contribution in [0.25, 0.3) is 0 Å². The minimum atomic E-state index is 0.179.